The fourth-order valence-electron chi connectivity index (χ4n) is 5.22. The first-order valence-electron chi connectivity index (χ1n) is 15.5. The average Bonchev–Trinajstić information content (AvgIpc) is 3.61. The van der Waals surface area contributed by atoms with Gasteiger partial charge in [0.15, 0.2) is 11.4 Å². The number of benzene rings is 4. The summed E-state index contributed by atoms with van der Waals surface area (Å²) in [4.78, 5) is -0.577. The van der Waals surface area contributed by atoms with Gasteiger partial charge in [-0.1, -0.05) is 48.5 Å². The normalized spacial score (nSPS) is 12.3. The van der Waals surface area contributed by atoms with Crippen molar-refractivity contribution in [2.75, 3.05) is 14.1 Å². The maximum atomic E-state index is 13.3. The monoisotopic (exact) mass is 740 g/mol. The lowest BCUT2D eigenvalue weighted by Crippen LogP contribution is -2.21. The van der Waals surface area contributed by atoms with E-state index in [4.69, 9.17) is 0 Å². The Morgan fingerprint density at radius 1 is 0.558 bits per heavy atom. The van der Waals surface area contributed by atoms with Crippen LogP contribution in [0.25, 0.3) is 22.5 Å². The van der Waals surface area contributed by atoms with E-state index in [9.17, 15) is 27.0 Å². The highest BCUT2D eigenvalue weighted by atomic mass is 32.2. The van der Waals surface area contributed by atoms with Crippen LogP contribution in [0.1, 0.15) is 11.4 Å². The Hall–Kier alpha value is -6.08. The van der Waals surface area contributed by atoms with Gasteiger partial charge in [-0.15, -0.1) is 10.2 Å². The molecule has 2 heterocycles. The molecule has 0 aliphatic carbocycles. The van der Waals surface area contributed by atoms with Crippen molar-refractivity contribution in [2.24, 2.45) is 20.5 Å². The van der Waals surface area contributed by atoms with Crippen LogP contribution in [0.15, 0.2) is 127 Å². The molecule has 0 spiro atoms. The summed E-state index contributed by atoms with van der Waals surface area (Å²) in [6.45, 7) is 3.28. The van der Waals surface area contributed by atoms with Gasteiger partial charge in [0.25, 0.3) is 0 Å². The van der Waals surface area contributed by atoms with Gasteiger partial charge in [-0.3, -0.25) is 0 Å². The Kier molecular flexibility index (Phi) is 9.81. The molecule has 4 aromatic carbocycles. The number of azo groups is 2. The number of aromatic hydroxyl groups is 2. The summed E-state index contributed by atoms with van der Waals surface area (Å²) in [5, 5.41) is 47.0. The Morgan fingerprint density at radius 3 is 1.27 bits per heavy atom. The summed E-state index contributed by atoms with van der Waals surface area (Å²) in [5.74, 6) is -0.525. The van der Waals surface area contributed by atoms with Crippen LogP contribution in [-0.4, -0.2) is 60.7 Å². The van der Waals surface area contributed by atoms with Gasteiger partial charge in [0, 0.05) is 11.1 Å². The Labute approximate surface area is 298 Å². The second kappa shape index (κ2) is 14.3. The van der Waals surface area contributed by atoms with E-state index in [2.05, 4.69) is 40.1 Å². The molecule has 266 valence electrons. The predicted molar refractivity (Wildman–Crippen MR) is 193 cm³/mol. The van der Waals surface area contributed by atoms with Crippen molar-refractivity contribution < 1.29 is 27.0 Å². The molecular formula is C34H32N10O6S2. The van der Waals surface area contributed by atoms with E-state index < -0.39 is 20.0 Å². The van der Waals surface area contributed by atoms with E-state index in [-0.39, 0.29) is 55.4 Å². The number of para-hydroxylation sites is 2. The minimum atomic E-state index is -4.20. The highest BCUT2D eigenvalue weighted by Crippen LogP contribution is 2.39. The van der Waals surface area contributed by atoms with E-state index in [1.54, 1.807) is 62.4 Å². The van der Waals surface area contributed by atoms with E-state index >= 15 is 0 Å². The first-order valence-corrected chi connectivity index (χ1v) is 18.5. The van der Waals surface area contributed by atoms with Gasteiger partial charge < -0.3 is 10.2 Å². The van der Waals surface area contributed by atoms with Crippen LogP contribution in [0, 0.1) is 13.8 Å². The van der Waals surface area contributed by atoms with Crippen molar-refractivity contribution in [1.29, 1.82) is 0 Å². The topological polar surface area (TPSA) is 218 Å². The molecule has 0 radical (unpaired) electrons. The molecule has 0 fully saturated rings. The van der Waals surface area contributed by atoms with Gasteiger partial charge in [0.1, 0.15) is 0 Å². The van der Waals surface area contributed by atoms with Crippen molar-refractivity contribution in [1.82, 2.24) is 29.0 Å². The molecule has 16 nitrogen and oxygen atoms in total. The van der Waals surface area contributed by atoms with Gasteiger partial charge in [0.05, 0.1) is 43.9 Å². The molecule has 6 aromatic rings. The SMILES string of the molecule is CNS(=O)(=O)c1cc(N=Nc2c(C)nn(-c3ccccc3)c2O)ccc1-c1ccc(N=Nc2c(C)nn(-c3ccccc3)c2O)cc1S(=O)(=O)NC. The number of hydrogen-bond donors (Lipinski definition) is 4. The van der Waals surface area contributed by atoms with Crippen LogP contribution < -0.4 is 9.44 Å². The predicted octanol–water partition coefficient (Wildman–Crippen LogP) is 6.40. The zero-order valence-electron chi connectivity index (χ0n) is 28.2. The number of aryl methyl sites for hydroxylation is 2. The molecule has 0 unspecified atom stereocenters. The Morgan fingerprint density at radius 2 is 0.923 bits per heavy atom. The lowest BCUT2D eigenvalue weighted by molar-refractivity contribution is 0.434. The smallest absolute Gasteiger partial charge is 0.243 e. The third kappa shape index (κ3) is 6.95. The zero-order valence-corrected chi connectivity index (χ0v) is 29.8. The zero-order chi connectivity index (χ0) is 37.2. The van der Waals surface area contributed by atoms with Crippen LogP contribution in [0.5, 0.6) is 11.8 Å². The molecule has 2 aromatic heterocycles. The van der Waals surface area contributed by atoms with E-state index in [1.165, 1.54) is 59.9 Å². The highest BCUT2D eigenvalue weighted by Gasteiger charge is 2.25. The average molecular weight is 741 g/mol. The van der Waals surface area contributed by atoms with E-state index in [0.717, 1.165) is 0 Å². The van der Waals surface area contributed by atoms with Crippen molar-refractivity contribution in [2.45, 2.75) is 23.6 Å². The molecule has 6 rings (SSSR count). The largest absolute Gasteiger partial charge is 0.492 e. The molecule has 0 aliphatic heterocycles. The molecule has 18 heteroatoms. The van der Waals surface area contributed by atoms with Crippen LogP contribution in [0.3, 0.4) is 0 Å². The summed E-state index contributed by atoms with van der Waals surface area (Å²) in [7, 11) is -5.95. The van der Waals surface area contributed by atoms with Crippen molar-refractivity contribution in [3.05, 3.63) is 108 Å². The number of hydrogen-bond acceptors (Lipinski definition) is 12. The molecule has 0 aliphatic rings. The van der Waals surface area contributed by atoms with Gasteiger partial charge in [-0.05, 0) is 76.5 Å². The third-order valence-corrected chi connectivity index (χ3v) is 10.8. The van der Waals surface area contributed by atoms with Crippen molar-refractivity contribution >= 4 is 42.8 Å². The van der Waals surface area contributed by atoms with Crippen LogP contribution in [0.2, 0.25) is 0 Å². The van der Waals surface area contributed by atoms with E-state index in [1.807, 2.05) is 12.1 Å². The lowest BCUT2D eigenvalue weighted by Gasteiger charge is -2.15. The minimum Gasteiger partial charge on any atom is -0.492 e. The van der Waals surface area contributed by atoms with Crippen LogP contribution in [-0.2, 0) is 20.0 Å². The number of rotatable bonds is 11. The van der Waals surface area contributed by atoms with Crippen LogP contribution in [0.4, 0.5) is 22.7 Å². The van der Waals surface area contributed by atoms with Gasteiger partial charge >= 0.3 is 0 Å². The van der Waals surface area contributed by atoms with Gasteiger partial charge in [-0.25, -0.2) is 26.3 Å². The second-order valence-electron chi connectivity index (χ2n) is 11.2. The van der Waals surface area contributed by atoms with Crippen LogP contribution >= 0.6 is 0 Å². The number of aromatic nitrogens is 4. The number of nitrogens with zero attached hydrogens (tertiary/aromatic N) is 8. The third-order valence-electron chi connectivity index (χ3n) is 7.88. The molecule has 0 atom stereocenters. The number of nitrogens with one attached hydrogen (secondary N) is 2. The molecule has 52 heavy (non-hydrogen) atoms. The standard InChI is InChI=1S/C34H32N10O6S2/c1-21-31(33(45)43(41-21)25-11-7-5-8-12-25)39-37-23-15-17-27(29(19-23)51(47,48)35-3)28-18-16-24(20-30(28)52(49,50)36-4)38-40-32-22(2)42-44(34(32)46)26-13-9-6-10-14-26/h5-20,35-36,45-46H,1-4H3. The molecular weight excluding hydrogens is 709 g/mol. The molecule has 4 N–H and O–H groups in total. The Balaban J connectivity index is 1.40. The fraction of sp³-hybridized carbons (Fsp3) is 0.118. The summed E-state index contributed by atoms with van der Waals surface area (Å²) in [5.41, 5.74) is 2.38. The quantitative estimate of drug-likeness (QED) is 0.109. The number of sulfonamides is 2. The first kappa shape index (κ1) is 35.7. The summed E-state index contributed by atoms with van der Waals surface area (Å²) in [6.07, 6.45) is 0. The summed E-state index contributed by atoms with van der Waals surface area (Å²) < 4.78 is 60.5. The fourth-order valence-corrected chi connectivity index (χ4v) is 7.14. The van der Waals surface area contributed by atoms with Gasteiger partial charge in [-0.2, -0.15) is 29.8 Å². The lowest BCUT2D eigenvalue weighted by atomic mass is 10.0. The molecule has 0 amide bonds. The minimum absolute atomic E-state index is 0.0409. The highest BCUT2D eigenvalue weighted by molar-refractivity contribution is 7.90. The van der Waals surface area contributed by atoms with Crippen molar-refractivity contribution in [3.8, 4) is 34.3 Å². The van der Waals surface area contributed by atoms with Crippen molar-refractivity contribution in [3.63, 3.8) is 0 Å². The maximum absolute atomic E-state index is 13.3. The molecule has 0 bridgehead atoms. The van der Waals surface area contributed by atoms with Gasteiger partial charge in [0.2, 0.25) is 31.8 Å². The van der Waals surface area contributed by atoms with E-state index in [0.29, 0.717) is 22.8 Å². The molecule has 0 saturated carbocycles. The summed E-state index contributed by atoms with van der Waals surface area (Å²) in [6, 6.07) is 26.0. The second-order valence-corrected chi connectivity index (χ2v) is 14.9. The summed E-state index contributed by atoms with van der Waals surface area (Å²) >= 11 is 0. The maximum Gasteiger partial charge on any atom is 0.243 e. The first-order chi connectivity index (χ1) is 24.8. The molecule has 0 saturated heterocycles. The Bertz CT molecular complexity index is 2390.